The van der Waals surface area contributed by atoms with Crippen LogP contribution in [0.2, 0.25) is 0 Å². The second-order valence-corrected chi connectivity index (χ2v) is 9.97. The molecule has 0 bridgehead atoms. The highest BCUT2D eigenvalue weighted by Gasteiger charge is 2.26. The van der Waals surface area contributed by atoms with Crippen molar-refractivity contribution in [2.24, 2.45) is 0 Å². The molecule has 0 unspecified atom stereocenters. The van der Waals surface area contributed by atoms with Crippen molar-refractivity contribution in [1.82, 2.24) is 9.78 Å². The first kappa shape index (κ1) is 26.7. The Labute approximate surface area is 222 Å². The first-order chi connectivity index (χ1) is 18.1. The first-order valence-corrected chi connectivity index (χ1v) is 12.4. The van der Waals surface area contributed by atoms with Crippen LogP contribution >= 0.6 is 0 Å². The number of carbonyl (C=O) groups excluding carboxylic acids is 2. The fraction of sp³-hybridized carbons (Fsp3) is 0.300. The third-order valence-corrected chi connectivity index (χ3v) is 6.43. The molecule has 0 radical (unpaired) electrons. The minimum atomic E-state index is -0.460. The summed E-state index contributed by atoms with van der Waals surface area (Å²) in [7, 11) is 3.07. The number of para-hydroxylation sites is 1. The van der Waals surface area contributed by atoms with E-state index in [9.17, 15) is 9.59 Å². The summed E-state index contributed by atoms with van der Waals surface area (Å²) in [4.78, 5) is 25.7. The van der Waals surface area contributed by atoms with Gasteiger partial charge in [-0.2, -0.15) is 5.10 Å². The monoisotopic (exact) mass is 515 g/mol. The van der Waals surface area contributed by atoms with Crippen LogP contribution in [-0.2, 0) is 10.2 Å². The quantitative estimate of drug-likeness (QED) is 0.274. The summed E-state index contributed by atoms with van der Waals surface area (Å²) < 4.78 is 18.1. The van der Waals surface area contributed by atoms with Crippen LogP contribution in [0.1, 0.15) is 60.1 Å². The lowest BCUT2D eigenvalue weighted by molar-refractivity contribution is 0.0421. The van der Waals surface area contributed by atoms with Crippen LogP contribution in [0.4, 0.5) is 5.69 Å². The minimum absolute atomic E-state index is 0.114. The Morgan fingerprint density at radius 2 is 1.63 bits per heavy atom. The molecule has 0 saturated carbocycles. The molecule has 1 amide bonds. The molecule has 0 spiro atoms. The normalized spacial score (nSPS) is 11.4. The van der Waals surface area contributed by atoms with E-state index in [1.165, 1.54) is 7.11 Å². The van der Waals surface area contributed by atoms with Crippen LogP contribution in [0.3, 0.4) is 0 Å². The number of fused-ring (bicyclic) bond motifs is 1. The Morgan fingerprint density at radius 3 is 2.29 bits per heavy atom. The van der Waals surface area contributed by atoms with Crippen molar-refractivity contribution >= 4 is 28.5 Å². The molecule has 4 rings (SSSR count). The lowest BCUT2D eigenvalue weighted by atomic mass is 9.85. The van der Waals surface area contributed by atoms with Crippen LogP contribution in [0, 0.1) is 0 Å². The van der Waals surface area contributed by atoms with Crippen molar-refractivity contribution in [3.05, 3.63) is 83.6 Å². The van der Waals surface area contributed by atoms with Crippen molar-refractivity contribution in [1.29, 1.82) is 0 Å². The molecule has 4 aromatic rings. The van der Waals surface area contributed by atoms with Gasteiger partial charge in [0.25, 0.3) is 5.91 Å². The van der Waals surface area contributed by atoms with E-state index in [4.69, 9.17) is 14.2 Å². The predicted molar refractivity (Wildman–Crippen MR) is 147 cm³/mol. The lowest BCUT2D eigenvalue weighted by Crippen LogP contribution is -2.26. The van der Waals surface area contributed by atoms with Crippen molar-refractivity contribution in [3.63, 3.8) is 0 Å². The van der Waals surface area contributed by atoms with Gasteiger partial charge in [0.15, 0.2) is 17.2 Å². The van der Waals surface area contributed by atoms with Gasteiger partial charge in [-0.3, -0.25) is 9.48 Å². The number of anilines is 1. The molecule has 3 aromatic carbocycles. The van der Waals surface area contributed by atoms with E-state index >= 15 is 0 Å². The zero-order valence-corrected chi connectivity index (χ0v) is 22.6. The summed E-state index contributed by atoms with van der Waals surface area (Å²) in [6.07, 6.45) is 0. The fourth-order valence-electron chi connectivity index (χ4n) is 4.22. The number of amides is 1. The Balaban J connectivity index is 1.43. The molecular weight excluding hydrogens is 482 g/mol. The molecule has 1 N–H and O–H groups in total. The number of aromatic nitrogens is 2. The van der Waals surface area contributed by atoms with Crippen LogP contribution < -0.4 is 14.8 Å². The number of carbonyl (C=O) groups is 2. The molecule has 0 aliphatic carbocycles. The summed E-state index contributed by atoms with van der Waals surface area (Å²) in [5, 5.41) is 8.20. The molecule has 8 nitrogen and oxygen atoms in total. The van der Waals surface area contributed by atoms with Crippen molar-refractivity contribution in [3.8, 4) is 11.5 Å². The molecule has 1 aromatic heterocycles. The van der Waals surface area contributed by atoms with Crippen LogP contribution in [0.5, 0.6) is 11.5 Å². The van der Waals surface area contributed by atoms with E-state index in [1.807, 2.05) is 80.9 Å². The Bertz CT molecular complexity index is 1450. The van der Waals surface area contributed by atoms with E-state index in [-0.39, 0.29) is 18.6 Å². The van der Waals surface area contributed by atoms with E-state index in [0.717, 1.165) is 16.5 Å². The van der Waals surface area contributed by atoms with Gasteiger partial charge >= 0.3 is 5.97 Å². The van der Waals surface area contributed by atoms with Gasteiger partial charge in [0.1, 0.15) is 6.61 Å². The third-order valence-electron chi connectivity index (χ3n) is 6.43. The predicted octanol–water partition coefficient (Wildman–Crippen LogP) is 6.02. The summed E-state index contributed by atoms with van der Waals surface area (Å²) in [5.74, 6) is 0.320. The molecule has 0 saturated heterocycles. The Morgan fingerprint density at radius 1 is 0.947 bits per heavy atom. The van der Waals surface area contributed by atoms with Crippen molar-refractivity contribution in [2.75, 3.05) is 26.1 Å². The molecule has 0 aliphatic heterocycles. The highest BCUT2D eigenvalue weighted by molar-refractivity contribution is 6.04. The molecule has 1 heterocycles. The molecule has 38 heavy (non-hydrogen) atoms. The van der Waals surface area contributed by atoms with Gasteiger partial charge in [0.2, 0.25) is 0 Å². The summed E-state index contributed by atoms with van der Waals surface area (Å²) in [5.41, 5.74) is 2.82. The lowest BCUT2D eigenvalue weighted by Gasteiger charge is -2.25. The number of hydrogen-bond acceptors (Lipinski definition) is 6. The molecule has 0 fully saturated rings. The number of rotatable bonds is 9. The second kappa shape index (κ2) is 11.0. The smallest absolute Gasteiger partial charge is 0.359 e. The average Bonchev–Trinajstić information content (AvgIpc) is 3.32. The van der Waals surface area contributed by atoms with E-state index in [0.29, 0.717) is 28.4 Å². The van der Waals surface area contributed by atoms with Crippen molar-refractivity contribution in [2.45, 2.75) is 39.2 Å². The van der Waals surface area contributed by atoms with E-state index in [1.54, 1.807) is 25.3 Å². The Hall–Kier alpha value is -4.33. The van der Waals surface area contributed by atoms with Gasteiger partial charge < -0.3 is 19.5 Å². The molecule has 8 heteroatoms. The largest absolute Gasteiger partial charge is 0.493 e. The van der Waals surface area contributed by atoms with Crippen LogP contribution in [0.25, 0.3) is 10.9 Å². The molecule has 198 valence electrons. The number of ether oxygens (including phenoxy) is 3. The summed E-state index contributed by atoms with van der Waals surface area (Å²) in [6.45, 7) is 8.23. The molecular formula is C30H33N3O5. The van der Waals surface area contributed by atoms with Gasteiger partial charge in [-0.05, 0) is 55.8 Å². The third kappa shape index (κ3) is 5.49. The van der Waals surface area contributed by atoms with Crippen molar-refractivity contribution < 1.29 is 23.8 Å². The fourth-order valence-corrected chi connectivity index (χ4v) is 4.22. The van der Waals surface area contributed by atoms with Crippen LogP contribution in [-0.4, -0.2) is 42.5 Å². The number of esters is 1. The zero-order chi connectivity index (χ0) is 27.4. The summed E-state index contributed by atoms with van der Waals surface area (Å²) >= 11 is 0. The minimum Gasteiger partial charge on any atom is -0.493 e. The number of nitrogens with one attached hydrogen (secondary N) is 1. The Kier molecular flexibility index (Phi) is 7.71. The topological polar surface area (TPSA) is 91.7 Å². The van der Waals surface area contributed by atoms with Gasteiger partial charge in [-0.25, -0.2) is 4.79 Å². The molecule has 0 aliphatic rings. The standard InChI is InChI=1S/C30H33N3O5/c1-19(2)33-24-10-8-7-9-23(24)27(32-33)29(35)38-18-30(3,4)21-12-14-22(15-13-21)31-28(34)20-11-16-25(36-5)26(17-20)37-6/h7-17,19H,18H2,1-6H3,(H,31,34). The second-order valence-electron chi connectivity index (χ2n) is 9.97. The first-order valence-electron chi connectivity index (χ1n) is 12.4. The zero-order valence-electron chi connectivity index (χ0n) is 22.6. The average molecular weight is 516 g/mol. The number of benzene rings is 3. The number of nitrogens with zero attached hydrogens (tertiary/aromatic N) is 2. The van der Waals surface area contributed by atoms with Gasteiger partial charge in [0, 0.05) is 28.1 Å². The van der Waals surface area contributed by atoms with Gasteiger partial charge in [0.05, 0.1) is 19.7 Å². The van der Waals surface area contributed by atoms with Gasteiger partial charge in [-0.15, -0.1) is 0 Å². The maximum Gasteiger partial charge on any atom is 0.359 e. The van der Waals surface area contributed by atoms with Crippen LogP contribution in [0.15, 0.2) is 66.7 Å². The van der Waals surface area contributed by atoms with E-state index < -0.39 is 11.4 Å². The number of methoxy groups -OCH3 is 2. The highest BCUT2D eigenvalue weighted by atomic mass is 16.5. The number of hydrogen-bond donors (Lipinski definition) is 1. The summed E-state index contributed by atoms with van der Waals surface area (Å²) in [6, 6.07) is 20.3. The maximum atomic E-state index is 13.0. The maximum absolute atomic E-state index is 13.0. The molecule has 0 atom stereocenters. The SMILES string of the molecule is COc1ccc(C(=O)Nc2ccc(C(C)(C)COC(=O)c3nn(C(C)C)c4ccccc34)cc2)cc1OC. The highest BCUT2D eigenvalue weighted by Crippen LogP contribution is 2.29. The van der Waals surface area contributed by atoms with Gasteiger partial charge in [-0.1, -0.05) is 44.2 Å². The van der Waals surface area contributed by atoms with E-state index in [2.05, 4.69) is 10.4 Å².